The van der Waals surface area contributed by atoms with Crippen molar-refractivity contribution in [2.75, 3.05) is 32.9 Å². The van der Waals surface area contributed by atoms with E-state index in [1.54, 1.807) is 0 Å². The number of para-hydroxylation sites is 6. The van der Waals surface area contributed by atoms with Crippen molar-refractivity contribution < 1.29 is 0 Å². The molecule has 2 saturated carbocycles. The predicted molar refractivity (Wildman–Crippen MR) is 267 cm³/mol. The van der Waals surface area contributed by atoms with Crippen molar-refractivity contribution in [2.24, 2.45) is 11.8 Å². The lowest BCUT2D eigenvalue weighted by Crippen LogP contribution is -2.40. The fourth-order valence-corrected chi connectivity index (χ4v) is 12.9. The van der Waals surface area contributed by atoms with Gasteiger partial charge in [0.2, 0.25) is 0 Å². The van der Waals surface area contributed by atoms with Gasteiger partial charge in [0.25, 0.3) is 0 Å². The van der Waals surface area contributed by atoms with E-state index >= 15 is 0 Å². The Hall–Kier alpha value is -6.46. The van der Waals surface area contributed by atoms with Gasteiger partial charge in [0.15, 0.2) is 0 Å². The lowest BCUT2D eigenvalue weighted by molar-refractivity contribution is 0.337. The highest BCUT2D eigenvalue weighted by molar-refractivity contribution is 6.12. The minimum Gasteiger partial charge on any atom is -0.349 e. The second-order valence-corrected chi connectivity index (χ2v) is 19.8. The van der Waals surface area contributed by atoms with Crippen LogP contribution in [0.5, 0.6) is 0 Å². The third-order valence-electron chi connectivity index (χ3n) is 16.2. The lowest BCUT2D eigenvalue weighted by atomic mass is 9.63. The van der Waals surface area contributed by atoms with E-state index in [-0.39, 0.29) is 0 Å². The van der Waals surface area contributed by atoms with Crippen molar-refractivity contribution in [3.05, 3.63) is 186 Å². The summed E-state index contributed by atoms with van der Waals surface area (Å²) >= 11 is 0. The molecular weight excluding hydrogens is 779 g/mol. The molecule has 5 aliphatic rings. The molecule has 1 unspecified atom stereocenters. The van der Waals surface area contributed by atoms with Gasteiger partial charge in [-0.2, -0.15) is 0 Å². The number of nitrogens with zero attached hydrogens (tertiary/aromatic N) is 5. The molecule has 0 radical (unpaired) electrons. The van der Waals surface area contributed by atoms with E-state index in [2.05, 4.69) is 202 Å². The van der Waals surface area contributed by atoms with Crippen molar-refractivity contribution >= 4 is 55.9 Å². The summed E-state index contributed by atoms with van der Waals surface area (Å²) in [6.07, 6.45) is 10.3. The summed E-state index contributed by atoms with van der Waals surface area (Å²) in [6.45, 7) is 6.59. The molecule has 2 aliphatic carbocycles. The van der Waals surface area contributed by atoms with Crippen LogP contribution in [0.25, 0.3) is 27.5 Å². The fraction of sp³-hybridized carbons (Fsp3) is 0.288. The van der Waals surface area contributed by atoms with E-state index in [4.69, 9.17) is 0 Å². The standard InChI is InChI=1S/C59H57N5/c1-40-26-30-44(31-27-40)60-38-62(56-24-10-8-22-54(56)60)46-17-12-16-43(36-46)59(42-14-4-3-5-15-42)50-20-13-19-49-48-18-6-7-21-52(48)64(58(49)50)53-35-34-47(37-51(53)59)63-39-61(45-32-28-41(2)29-33-45)55-23-9-11-25-57(55)63/h3-25,34-37,40-41,44-45H,26-33,38-39H2,1-2H3. The number of anilines is 6. The Bertz CT molecular complexity index is 3060. The third kappa shape index (κ3) is 5.61. The van der Waals surface area contributed by atoms with Crippen LogP contribution >= 0.6 is 0 Å². The number of aromatic nitrogens is 1. The molecule has 64 heavy (non-hydrogen) atoms. The zero-order valence-corrected chi connectivity index (χ0v) is 37.2. The van der Waals surface area contributed by atoms with Crippen LogP contribution in [0.3, 0.4) is 0 Å². The Morgan fingerprint density at radius 1 is 0.406 bits per heavy atom. The first-order chi connectivity index (χ1) is 31.6. The van der Waals surface area contributed by atoms with E-state index in [1.807, 2.05) is 0 Å². The van der Waals surface area contributed by atoms with E-state index in [1.165, 1.54) is 135 Å². The molecule has 0 N–H and O–H groups in total. The predicted octanol–water partition coefficient (Wildman–Crippen LogP) is 14.5. The first kappa shape index (κ1) is 38.0. The third-order valence-corrected chi connectivity index (χ3v) is 16.2. The smallest absolute Gasteiger partial charge is 0.0955 e. The number of hydrogen-bond acceptors (Lipinski definition) is 4. The molecule has 1 atom stereocenters. The summed E-state index contributed by atoms with van der Waals surface area (Å²) in [5.74, 6) is 1.63. The van der Waals surface area contributed by atoms with E-state index in [0.717, 1.165) is 25.2 Å². The minimum atomic E-state index is -0.622. The van der Waals surface area contributed by atoms with Gasteiger partial charge in [0.1, 0.15) is 0 Å². The molecule has 0 bridgehead atoms. The topological polar surface area (TPSA) is 17.9 Å². The van der Waals surface area contributed by atoms with Crippen molar-refractivity contribution in [1.29, 1.82) is 0 Å². The molecule has 8 aromatic rings. The monoisotopic (exact) mass is 835 g/mol. The molecule has 0 saturated heterocycles. The first-order valence-corrected chi connectivity index (χ1v) is 24.2. The minimum absolute atomic E-state index is 0.561. The Balaban J connectivity index is 1.03. The van der Waals surface area contributed by atoms with Crippen molar-refractivity contribution in [3.63, 3.8) is 0 Å². The van der Waals surface area contributed by atoms with Gasteiger partial charge in [-0.15, -0.1) is 0 Å². The van der Waals surface area contributed by atoms with Gasteiger partial charge in [0, 0.05) is 34.2 Å². The normalized spacial score (nSPS) is 23.7. The Morgan fingerprint density at radius 2 is 0.938 bits per heavy atom. The van der Waals surface area contributed by atoms with Gasteiger partial charge in [-0.1, -0.05) is 117 Å². The molecule has 4 heterocycles. The van der Waals surface area contributed by atoms with Crippen LogP contribution in [-0.2, 0) is 5.41 Å². The summed E-state index contributed by atoms with van der Waals surface area (Å²) in [7, 11) is 0. The van der Waals surface area contributed by atoms with E-state index in [0.29, 0.717) is 12.1 Å². The average Bonchev–Trinajstić information content (AvgIpc) is 4.04. The van der Waals surface area contributed by atoms with Crippen LogP contribution in [0.4, 0.5) is 34.1 Å². The SMILES string of the molecule is CC1CCC(N2CN(c3cccc(C4(c5ccccc5)c5cc(N6CN(C7CCC(C)CC7)c7ccccc76)ccc5-n5c6ccccc6c6cccc4c65)c3)c3ccccc32)CC1. The quantitative estimate of drug-likeness (QED) is 0.166. The Kier molecular flexibility index (Phi) is 8.80. The molecule has 0 amide bonds. The summed E-state index contributed by atoms with van der Waals surface area (Å²) in [6, 6.07) is 64.0. The highest BCUT2D eigenvalue weighted by Gasteiger charge is 2.47. The maximum Gasteiger partial charge on any atom is 0.0955 e. The van der Waals surface area contributed by atoms with Gasteiger partial charge >= 0.3 is 0 Å². The molecule has 318 valence electrons. The van der Waals surface area contributed by atoms with E-state index < -0.39 is 5.41 Å². The summed E-state index contributed by atoms with van der Waals surface area (Å²) in [5.41, 5.74) is 16.2. The Morgan fingerprint density at radius 3 is 1.59 bits per heavy atom. The second kappa shape index (κ2) is 14.8. The molecule has 5 heteroatoms. The number of hydrogen-bond donors (Lipinski definition) is 0. The zero-order valence-electron chi connectivity index (χ0n) is 37.2. The molecular formula is C59H57N5. The number of benzene rings is 7. The van der Waals surface area contributed by atoms with Crippen molar-refractivity contribution in [3.8, 4) is 5.69 Å². The van der Waals surface area contributed by atoms with Crippen LogP contribution in [0.1, 0.15) is 87.5 Å². The van der Waals surface area contributed by atoms with Crippen LogP contribution < -0.4 is 19.6 Å². The summed E-state index contributed by atoms with van der Waals surface area (Å²) < 4.78 is 2.58. The molecule has 2 fully saturated rings. The molecule has 0 spiro atoms. The number of rotatable bonds is 6. The van der Waals surface area contributed by atoms with Gasteiger partial charge in [0.05, 0.1) is 58.2 Å². The molecule has 7 aromatic carbocycles. The first-order valence-electron chi connectivity index (χ1n) is 24.2. The van der Waals surface area contributed by atoms with Crippen LogP contribution in [0.15, 0.2) is 164 Å². The van der Waals surface area contributed by atoms with E-state index in [9.17, 15) is 0 Å². The zero-order chi connectivity index (χ0) is 42.5. The van der Waals surface area contributed by atoms with Gasteiger partial charge in [-0.25, -0.2) is 0 Å². The van der Waals surface area contributed by atoms with Gasteiger partial charge in [-0.3, -0.25) is 0 Å². The molecule has 13 rings (SSSR count). The molecule has 3 aliphatic heterocycles. The fourth-order valence-electron chi connectivity index (χ4n) is 12.9. The molecule has 5 nitrogen and oxygen atoms in total. The second-order valence-electron chi connectivity index (χ2n) is 19.8. The van der Waals surface area contributed by atoms with Crippen LogP contribution in [0, 0.1) is 11.8 Å². The average molecular weight is 836 g/mol. The van der Waals surface area contributed by atoms with Crippen LogP contribution in [0.2, 0.25) is 0 Å². The van der Waals surface area contributed by atoms with Crippen LogP contribution in [-0.4, -0.2) is 30.0 Å². The Labute approximate surface area is 378 Å². The highest BCUT2D eigenvalue weighted by Crippen LogP contribution is 2.57. The maximum absolute atomic E-state index is 2.72. The summed E-state index contributed by atoms with van der Waals surface area (Å²) in [4.78, 5) is 10.6. The summed E-state index contributed by atoms with van der Waals surface area (Å²) in [5, 5.41) is 2.60. The van der Waals surface area contributed by atoms with Gasteiger partial charge < -0.3 is 24.2 Å². The largest absolute Gasteiger partial charge is 0.349 e. The highest BCUT2D eigenvalue weighted by atomic mass is 15.4. The lowest BCUT2D eigenvalue weighted by Gasteiger charge is -2.42. The maximum atomic E-state index is 2.72. The number of fused-ring (bicyclic) bond motifs is 7. The molecule has 1 aromatic heterocycles. The van der Waals surface area contributed by atoms with Crippen molar-refractivity contribution in [2.45, 2.75) is 82.7 Å². The van der Waals surface area contributed by atoms with Gasteiger partial charge in [-0.05, 0) is 146 Å². The van der Waals surface area contributed by atoms with Crippen molar-refractivity contribution in [1.82, 2.24) is 4.57 Å².